The summed E-state index contributed by atoms with van der Waals surface area (Å²) in [6.45, 7) is 8.25. The molecule has 0 fully saturated rings. The van der Waals surface area contributed by atoms with Crippen molar-refractivity contribution in [2.75, 3.05) is 11.1 Å². The number of carbonyl (C=O) groups is 2. The van der Waals surface area contributed by atoms with E-state index < -0.39 is 23.7 Å². The van der Waals surface area contributed by atoms with E-state index in [0.29, 0.717) is 23.1 Å². The molecule has 0 spiro atoms. The van der Waals surface area contributed by atoms with Crippen molar-refractivity contribution in [3.05, 3.63) is 71.0 Å². The molecule has 0 saturated heterocycles. The molecule has 0 radical (unpaired) electrons. The Hall–Kier alpha value is -3.34. The number of hydrogen-bond acceptors (Lipinski definition) is 5. The Balaban J connectivity index is 1.70. The number of nitrogens with one attached hydrogen (secondary N) is 2. The third-order valence-corrected chi connectivity index (χ3v) is 6.35. The molecule has 0 bridgehead atoms. The molecule has 0 saturated carbocycles. The maximum atomic E-state index is 12.9. The number of rotatable bonds is 9. The van der Waals surface area contributed by atoms with Crippen LogP contribution < -0.4 is 10.6 Å². The van der Waals surface area contributed by atoms with Crippen LogP contribution in [0.2, 0.25) is 0 Å². The summed E-state index contributed by atoms with van der Waals surface area (Å²) in [5.74, 6) is -0.196. The smallest absolute Gasteiger partial charge is 0.342 e. The number of alkyl halides is 3. The van der Waals surface area contributed by atoms with Crippen LogP contribution in [0.3, 0.4) is 0 Å². The first-order chi connectivity index (χ1) is 17.0. The molecule has 0 aliphatic carbocycles. The predicted octanol–water partition coefficient (Wildman–Crippen LogP) is 5.48. The largest absolute Gasteiger partial charge is 0.416 e. The number of hydrogen-bond donors (Lipinski definition) is 2. The van der Waals surface area contributed by atoms with E-state index in [-0.39, 0.29) is 23.3 Å². The lowest BCUT2D eigenvalue weighted by atomic mass is 10.0. The minimum atomic E-state index is -4.49. The maximum absolute atomic E-state index is 12.9. The molecule has 2 N–H and O–H groups in total. The Morgan fingerprint density at radius 1 is 1.08 bits per heavy atom. The van der Waals surface area contributed by atoms with Gasteiger partial charge in [0.2, 0.25) is 5.91 Å². The van der Waals surface area contributed by atoms with E-state index in [4.69, 9.17) is 0 Å². The number of aryl methyl sites for hydroxylation is 1. The van der Waals surface area contributed by atoms with E-state index in [1.54, 1.807) is 6.07 Å². The van der Waals surface area contributed by atoms with Crippen LogP contribution in [0.15, 0.2) is 53.7 Å². The fourth-order valence-corrected chi connectivity index (χ4v) is 4.38. The zero-order valence-electron chi connectivity index (χ0n) is 20.4. The number of benzene rings is 2. The lowest BCUT2D eigenvalue weighted by molar-refractivity contribution is -0.137. The zero-order valence-corrected chi connectivity index (χ0v) is 21.2. The van der Waals surface area contributed by atoms with E-state index in [1.807, 2.05) is 50.5 Å². The number of aromatic nitrogens is 3. The van der Waals surface area contributed by atoms with Crippen molar-refractivity contribution in [1.29, 1.82) is 0 Å². The highest BCUT2D eigenvalue weighted by Gasteiger charge is 2.30. The number of nitrogens with zero attached hydrogens (tertiary/aromatic N) is 3. The molecule has 0 aliphatic rings. The second-order valence-electron chi connectivity index (χ2n) is 8.57. The summed E-state index contributed by atoms with van der Waals surface area (Å²) in [4.78, 5) is 25.3. The summed E-state index contributed by atoms with van der Waals surface area (Å²) >= 11 is 1.12. The summed E-state index contributed by atoms with van der Waals surface area (Å²) in [7, 11) is 0. The lowest BCUT2D eigenvalue weighted by Crippen LogP contribution is -2.33. The van der Waals surface area contributed by atoms with Gasteiger partial charge in [-0.05, 0) is 50.1 Å². The first kappa shape index (κ1) is 27.3. The molecule has 0 aliphatic heterocycles. The van der Waals surface area contributed by atoms with Gasteiger partial charge in [-0.3, -0.25) is 9.59 Å². The molecule has 3 rings (SSSR count). The summed E-state index contributed by atoms with van der Waals surface area (Å²) in [5.41, 5.74) is 0.745. The number of amides is 2. The van der Waals surface area contributed by atoms with E-state index in [1.165, 1.54) is 12.1 Å². The molecular weight excluding hydrogens is 491 g/mol. The van der Waals surface area contributed by atoms with Crippen molar-refractivity contribution in [3.8, 4) is 0 Å². The van der Waals surface area contributed by atoms with Crippen LogP contribution in [0.1, 0.15) is 54.1 Å². The Morgan fingerprint density at radius 3 is 2.44 bits per heavy atom. The van der Waals surface area contributed by atoms with Gasteiger partial charge in [0.15, 0.2) is 11.0 Å². The molecule has 3 aromatic rings. The van der Waals surface area contributed by atoms with Crippen molar-refractivity contribution in [1.82, 2.24) is 20.1 Å². The van der Waals surface area contributed by atoms with Crippen LogP contribution in [0.5, 0.6) is 0 Å². The predicted molar refractivity (Wildman–Crippen MR) is 133 cm³/mol. The summed E-state index contributed by atoms with van der Waals surface area (Å²) in [6, 6.07) is 11.3. The number of thioether (sulfide) groups is 1. The van der Waals surface area contributed by atoms with E-state index >= 15 is 0 Å². The van der Waals surface area contributed by atoms with Crippen molar-refractivity contribution < 1.29 is 22.8 Å². The molecule has 1 heterocycles. The Morgan fingerprint density at radius 2 is 1.81 bits per heavy atom. The van der Waals surface area contributed by atoms with Gasteiger partial charge in [-0.15, -0.1) is 10.2 Å². The Labute approximate surface area is 211 Å². The first-order valence-corrected chi connectivity index (χ1v) is 12.4. The third kappa shape index (κ3) is 6.87. The van der Waals surface area contributed by atoms with Gasteiger partial charge >= 0.3 is 6.18 Å². The van der Waals surface area contributed by atoms with Crippen molar-refractivity contribution in [3.63, 3.8) is 0 Å². The van der Waals surface area contributed by atoms with Gasteiger partial charge in [0.05, 0.1) is 17.4 Å². The van der Waals surface area contributed by atoms with E-state index in [0.717, 1.165) is 29.5 Å². The molecule has 11 heteroatoms. The second kappa shape index (κ2) is 11.6. The highest BCUT2D eigenvalue weighted by atomic mass is 32.2. The van der Waals surface area contributed by atoms with Crippen molar-refractivity contribution in [2.24, 2.45) is 5.92 Å². The normalized spacial score (nSPS) is 12.4. The van der Waals surface area contributed by atoms with Gasteiger partial charge < -0.3 is 15.2 Å². The topological polar surface area (TPSA) is 88.9 Å². The quantitative estimate of drug-likeness (QED) is 0.366. The standard InChI is InChI=1S/C25H28F3N5O2S/c1-5-33-22(21(15(2)3)30-23(35)17-9-6-8-16(4)12-17)31-32-24(33)36-14-20(34)29-19-11-7-10-18(13-19)25(26,27)28/h6-13,15,21H,5,14H2,1-4H3,(H,29,34)(H,30,35). The number of halogens is 3. The first-order valence-electron chi connectivity index (χ1n) is 11.4. The monoisotopic (exact) mass is 519 g/mol. The van der Waals surface area contributed by atoms with Crippen molar-refractivity contribution in [2.45, 2.75) is 51.6 Å². The summed E-state index contributed by atoms with van der Waals surface area (Å²) < 4.78 is 40.6. The molecule has 2 aromatic carbocycles. The van der Waals surface area contributed by atoms with Gasteiger partial charge in [0, 0.05) is 17.8 Å². The third-order valence-electron chi connectivity index (χ3n) is 5.38. The van der Waals surface area contributed by atoms with Gasteiger partial charge in [-0.2, -0.15) is 13.2 Å². The zero-order chi connectivity index (χ0) is 26.5. The Kier molecular flexibility index (Phi) is 8.78. The van der Waals surface area contributed by atoms with Crippen LogP contribution in [0.25, 0.3) is 0 Å². The highest BCUT2D eigenvalue weighted by molar-refractivity contribution is 7.99. The molecule has 1 unspecified atom stereocenters. The van der Waals surface area contributed by atoms with Gasteiger partial charge in [0.1, 0.15) is 0 Å². The molecule has 2 amide bonds. The molecule has 36 heavy (non-hydrogen) atoms. The average molecular weight is 520 g/mol. The van der Waals surface area contributed by atoms with Gasteiger partial charge in [0.25, 0.3) is 5.91 Å². The van der Waals surface area contributed by atoms with Gasteiger partial charge in [-0.1, -0.05) is 49.4 Å². The number of carbonyl (C=O) groups excluding carboxylic acids is 2. The van der Waals surface area contributed by atoms with Crippen LogP contribution in [0, 0.1) is 12.8 Å². The van der Waals surface area contributed by atoms with Gasteiger partial charge in [-0.25, -0.2) is 0 Å². The average Bonchev–Trinajstić information content (AvgIpc) is 3.23. The molecule has 192 valence electrons. The van der Waals surface area contributed by atoms with Crippen LogP contribution in [-0.4, -0.2) is 32.3 Å². The second-order valence-corrected chi connectivity index (χ2v) is 9.51. The summed E-state index contributed by atoms with van der Waals surface area (Å²) in [5, 5.41) is 14.5. The lowest BCUT2D eigenvalue weighted by Gasteiger charge is -2.22. The van der Waals surface area contributed by atoms with Crippen molar-refractivity contribution >= 4 is 29.3 Å². The van der Waals surface area contributed by atoms with Crippen LogP contribution in [-0.2, 0) is 17.5 Å². The van der Waals surface area contributed by atoms with Crippen LogP contribution >= 0.6 is 11.8 Å². The molecule has 7 nitrogen and oxygen atoms in total. The minimum Gasteiger partial charge on any atom is -0.342 e. The highest BCUT2D eigenvalue weighted by Crippen LogP contribution is 2.31. The number of anilines is 1. The SMILES string of the molecule is CCn1c(SCC(=O)Nc2cccc(C(F)(F)F)c2)nnc1C(NC(=O)c1cccc(C)c1)C(C)C. The molecule has 1 atom stereocenters. The van der Waals surface area contributed by atoms with E-state index in [2.05, 4.69) is 20.8 Å². The summed E-state index contributed by atoms with van der Waals surface area (Å²) in [6.07, 6.45) is -4.49. The fraction of sp³-hybridized carbons (Fsp3) is 0.360. The molecular formula is C25H28F3N5O2S. The maximum Gasteiger partial charge on any atom is 0.416 e. The molecule has 1 aromatic heterocycles. The fourth-order valence-electron chi connectivity index (χ4n) is 3.57. The van der Waals surface area contributed by atoms with Crippen LogP contribution in [0.4, 0.5) is 18.9 Å². The minimum absolute atomic E-state index is 0.00955. The van der Waals surface area contributed by atoms with E-state index in [9.17, 15) is 22.8 Å². The Bertz CT molecular complexity index is 1230.